The summed E-state index contributed by atoms with van der Waals surface area (Å²) in [6.07, 6.45) is -2.68. The largest absolute Gasteiger partial charge is 0.416 e. The van der Waals surface area contributed by atoms with Crippen LogP contribution in [0.2, 0.25) is 0 Å². The first-order chi connectivity index (χ1) is 8.95. The highest BCUT2D eigenvalue weighted by Crippen LogP contribution is 2.30. The van der Waals surface area contributed by atoms with Crippen molar-refractivity contribution in [3.8, 4) is 0 Å². The van der Waals surface area contributed by atoms with E-state index in [1.165, 1.54) is 12.1 Å². The zero-order chi connectivity index (χ0) is 13.9. The standard InChI is InChI=1S/C14H9F3IN/c15-14(16,17)11-3-7-13(8-4-11)19-9-10-1-5-12(18)6-2-10/h1-9H. The van der Waals surface area contributed by atoms with Crippen LogP contribution >= 0.6 is 22.6 Å². The van der Waals surface area contributed by atoms with Crippen molar-refractivity contribution in [2.75, 3.05) is 0 Å². The molecule has 0 radical (unpaired) electrons. The Morgan fingerprint density at radius 1 is 0.895 bits per heavy atom. The molecule has 0 saturated carbocycles. The van der Waals surface area contributed by atoms with E-state index in [-0.39, 0.29) is 0 Å². The summed E-state index contributed by atoms with van der Waals surface area (Å²) < 4.78 is 38.2. The van der Waals surface area contributed by atoms with Gasteiger partial charge in [-0.3, -0.25) is 4.99 Å². The first-order valence-corrected chi connectivity index (χ1v) is 6.50. The van der Waals surface area contributed by atoms with E-state index in [0.717, 1.165) is 21.3 Å². The van der Waals surface area contributed by atoms with Crippen LogP contribution in [0.3, 0.4) is 0 Å². The molecule has 0 saturated heterocycles. The second-order valence-electron chi connectivity index (χ2n) is 3.85. The zero-order valence-electron chi connectivity index (χ0n) is 9.66. The van der Waals surface area contributed by atoms with Gasteiger partial charge in [0.2, 0.25) is 0 Å². The molecule has 0 bridgehead atoms. The molecule has 0 fully saturated rings. The maximum Gasteiger partial charge on any atom is 0.416 e. The van der Waals surface area contributed by atoms with Gasteiger partial charge in [-0.25, -0.2) is 0 Å². The summed E-state index contributed by atoms with van der Waals surface area (Å²) >= 11 is 2.20. The Labute approximate surface area is 122 Å². The molecule has 0 heterocycles. The van der Waals surface area contributed by atoms with E-state index in [4.69, 9.17) is 0 Å². The van der Waals surface area contributed by atoms with Gasteiger partial charge in [-0.1, -0.05) is 12.1 Å². The van der Waals surface area contributed by atoms with Gasteiger partial charge in [0, 0.05) is 9.78 Å². The van der Waals surface area contributed by atoms with Crippen molar-refractivity contribution >= 4 is 34.5 Å². The van der Waals surface area contributed by atoms with Crippen LogP contribution in [0.15, 0.2) is 53.5 Å². The fourth-order valence-corrected chi connectivity index (χ4v) is 1.79. The molecule has 0 aliphatic heterocycles. The number of hydrogen-bond acceptors (Lipinski definition) is 1. The van der Waals surface area contributed by atoms with E-state index >= 15 is 0 Å². The lowest BCUT2D eigenvalue weighted by Crippen LogP contribution is -2.03. The van der Waals surface area contributed by atoms with Gasteiger partial charge in [0.1, 0.15) is 0 Å². The summed E-state index contributed by atoms with van der Waals surface area (Å²) in [5.41, 5.74) is 0.729. The van der Waals surface area contributed by atoms with Crippen molar-refractivity contribution in [3.63, 3.8) is 0 Å². The Kier molecular flexibility index (Phi) is 4.24. The lowest BCUT2D eigenvalue weighted by atomic mass is 10.2. The summed E-state index contributed by atoms with van der Waals surface area (Å²) in [7, 11) is 0. The highest BCUT2D eigenvalue weighted by atomic mass is 127. The van der Waals surface area contributed by atoms with E-state index < -0.39 is 11.7 Å². The first kappa shape index (κ1) is 14.0. The fourth-order valence-electron chi connectivity index (χ4n) is 1.43. The fraction of sp³-hybridized carbons (Fsp3) is 0.0714. The Hall–Kier alpha value is -1.37. The number of aliphatic imine (C=N–C) groups is 1. The second-order valence-corrected chi connectivity index (χ2v) is 5.10. The SMILES string of the molecule is FC(F)(F)c1ccc(N=Cc2ccc(I)cc2)cc1. The molecule has 0 unspecified atom stereocenters. The third kappa shape index (κ3) is 4.05. The van der Waals surface area contributed by atoms with Crippen molar-refractivity contribution in [2.24, 2.45) is 4.99 Å². The maximum absolute atomic E-state index is 12.4. The molecule has 1 nitrogen and oxygen atoms in total. The number of hydrogen-bond donors (Lipinski definition) is 0. The van der Waals surface area contributed by atoms with Gasteiger partial charge in [-0.2, -0.15) is 13.2 Å². The number of halogens is 4. The summed E-state index contributed by atoms with van der Waals surface area (Å²) in [6, 6.07) is 12.4. The summed E-state index contributed by atoms with van der Waals surface area (Å²) in [5, 5.41) is 0. The van der Waals surface area contributed by atoms with Crippen LogP contribution in [-0.2, 0) is 6.18 Å². The van der Waals surface area contributed by atoms with Crippen molar-refractivity contribution in [1.29, 1.82) is 0 Å². The highest BCUT2D eigenvalue weighted by molar-refractivity contribution is 14.1. The van der Waals surface area contributed by atoms with Gasteiger partial charge in [0.15, 0.2) is 0 Å². The predicted octanol–water partition coefficient (Wildman–Crippen LogP) is 5.06. The van der Waals surface area contributed by atoms with Crippen molar-refractivity contribution < 1.29 is 13.2 Å². The van der Waals surface area contributed by atoms with Gasteiger partial charge < -0.3 is 0 Å². The predicted molar refractivity (Wildman–Crippen MR) is 77.9 cm³/mol. The van der Waals surface area contributed by atoms with Gasteiger partial charge in [-0.15, -0.1) is 0 Å². The minimum Gasteiger partial charge on any atom is -0.256 e. The average Bonchev–Trinajstić information content (AvgIpc) is 2.37. The third-order valence-corrected chi connectivity index (χ3v) is 3.15. The second kappa shape index (κ2) is 5.73. The van der Waals surface area contributed by atoms with Gasteiger partial charge >= 0.3 is 6.18 Å². The van der Waals surface area contributed by atoms with E-state index in [9.17, 15) is 13.2 Å². The molecular weight excluding hydrogens is 366 g/mol. The van der Waals surface area contributed by atoms with Crippen LogP contribution in [0.1, 0.15) is 11.1 Å². The van der Waals surface area contributed by atoms with E-state index in [1.807, 2.05) is 24.3 Å². The van der Waals surface area contributed by atoms with Crippen LogP contribution < -0.4 is 0 Å². The van der Waals surface area contributed by atoms with Gasteiger partial charge in [0.25, 0.3) is 0 Å². The van der Waals surface area contributed by atoms with Crippen molar-refractivity contribution in [2.45, 2.75) is 6.18 Å². The lowest BCUT2D eigenvalue weighted by Gasteiger charge is -2.05. The van der Waals surface area contributed by atoms with E-state index in [2.05, 4.69) is 27.6 Å². The normalized spacial score (nSPS) is 12.0. The van der Waals surface area contributed by atoms with Crippen molar-refractivity contribution in [1.82, 2.24) is 0 Å². The minimum atomic E-state index is -4.31. The van der Waals surface area contributed by atoms with E-state index in [1.54, 1.807) is 6.21 Å². The van der Waals surface area contributed by atoms with Crippen LogP contribution in [0.4, 0.5) is 18.9 Å². The number of benzene rings is 2. The molecular formula is C14H9F3IN. The minimum absolute atomic E-state index is 0.492. The third-order valence-electron chi connectivity index (χ3n) is 2.43. The maximum atomic E-state index is 12.4. The molecule has 0 amide bonds. The van der Waals surface area contributed by atoms with Crippen LogP contribution in [0.25, 0.3) is 0 Å². The molecule has 0 spiro atoms. The molecule has 2 aromatic rings. The molecule has 2 rings (SSSR count). The van der Waals surface area contributed by atoms with E-state index in [0.29, 0.717) is 5.69 Å². The number of nitrogens with zero attached hydrogens (tertiary/aromatic N) is 1. The monoisotopic (exact) mass is 375 g/mol. The highest BCUT2D eigenvalue weighted by Gasteiger charge is 2.29. The summed E-state index contributed by atoms with van der Waals surface area (Å²) in [4.78, 5) is 4.13. The van der Waals surface area contributed by atoms with Crippen LogP contribution in [0.5, 0.6) is 0 Å². The Morgan fingerprint density at radius 3 is 2.00 bits per heavy atom. The first-order valence-electron chi connectivity index (χ1n) is 5.42. The van der Waals surface area contributed by atoms with Gasteiger partial charge in [-0.05, 0) is 64.6 Å². The average molecular weight is 375 g/mol. The summed E-state index contributed by atoms with van der Waals surface area (Å²) in [6.45, 7) is 0. The Bertz CT molecular complexity index is 571. The molecule has 0 aromatic heterocycles. The molecule has 0 N–H and O–H groups in total. The molecule has 5 heteroatoms. The molecule has 19 heavy (non-hydrogen) atoms. The molecule has 98 valence electrons. The Balaban J connectivity index is 2.13. The molecule has 2 aromatic carbocycles. The summed E-state index contributed by atoms with van der Waals surface area (Å²) in [5.74, 6) is 0. The van der Waals surface area contributed by atoms with Crippen LogP contribution in [0, 0.1) is 3.57 Å². The lowest BCUT2D eigenvalue weighted by molar-refractivity contribution is -0.137. The quantitative estimate of drug-likeness (QED) is 0.514. The zero-order valence-corrected chi connectivity index (χ0v) is 11.8. The number of rotatable bonds is 2. The smallest absolute Gasteiger partial charge is 0.256 e. The Morgan fingerprint density at radius 2 is 1.47 bits per heavy atom. The topological polar surface area (TPSA) is 12.4 Å². The molecule has 0 aliphatic carbocycles. The number of alkyl halides is 3. The molecule has 0 atom stereocenters. The molecule has 0 aliphatic rings. The van der Waals surface area contributed by atoms with Crippen molar-refractivity contribution in [3.05, 3.63) is 63.2 Å². The van der Waals surface area contributed by atoms with Gasteiger partial charge in [0.05, 0.1) is 11.3 Å². The van der Waals surface area contributed by atoms with Crippen LogP contribution in [-0.4, -0.2) is 6.21 Å².